The number of rotatable bonds is 3. The molecule has 5 heteroatoms. The van der Waals surface area contributed by atoms with E-state index in [9.17, 15) is 4.79 Å². The lowest BCUT2D eigenvalue weighted by atomic mass is 10.4. The average Bonchev–Trinajstić information content (AvgIpc) is 2.84. The monoisotopic (exact) mass is 205 g/mol. The van der Waals surface area contributed by atoms with Gasteiger partial charge in [-0.25, -0.2) is 0 Å². The average molecular weight is 205 g/mol. The van der Waals surface area contributed by atoms with E-state index in [1.165, 1.54) is 4.68 Å². The summed E-state index contributed by atoms with van der Waals surface area (Å²) in [6, 6.07) is 5.26. The topological polar surface area (TPSA) is 60.1 Å². The summed E-state index contributed by atoms with van der Waals surface area (Å²) in [6.45, 7) is 0.386. The van der Waals surface area contributed by atoms with Crippen LogP contribution in [0.3, 0.4) is 0 Å². The molecule has 0 bridgehead atoms. The van der Waals surface area contributed by atoms with Gasteiger partial charge in [-0.3, -0.25) is 9.48 Å². The summed E-state index contributed by atoms with van der Waals surface area (Å²) in [5, 5.41) is 6.65. The number of furan rings is 1. The van der Waals surface area contributed by atoms with Crippen molar-refractivity contribution in [3.05, 3.63) is 42.1 Å². The molecule has 1 N–H and O–H groups in total. The molecular formula is C10H11N3O2. The van der Waals surface area contributed by atoms with E-state index < -0.39 is 0 Å². The second-order valence-electron chi connectivity index (χ2n) is 3.10. The second kappa shape index (κ2) is 4.00. The molecule has 0 aromatic carbocycles. The largest absolute Gasteiger partial charge is 0.467 e. The Hall–Kier alpha value is -2.04. The van der Waals surface area contributed by atoms with Crippen LogP contribution in [0.1, 0.15) is 16.2 Å². The highest BCUT2D eigenvalue weighted by Gasteiger charge is 2.09. The van der Waals surface area contributed by atoms with Gasteiger partial charge in [0.05, 0.1) is 12.8 Å². The van der Waals surface area contributed by atoms with Gasteiger partial charge in [0.1, 0.15) is 11.5 Å². The molecule has 0 aliphatic heterocycles. The maximum atomic E-state index is 11.6. The zero-order chi connectivity index (χ0) is 10.7. The van der Waals surface area contributed by atoms with Gasteiger partial charge in [-0.2, -0.15) is 5.10 Å². The summed E-state index contributed by atoms with van der Waals surface area (Å²) in [7, 11) is 1.72. The zero-order valence-corrected chi connectivity index (χ0v) is 8.30. The first-order valence-corrected chi connectivity index (χ1v) is 4.56. The van der Waals surface area contributed by atoms with Crippen molar-refractivity contribution in [3.63, 3.8) is 0 Å². The lowest BCUT2D eigenvalue weighted by molar-refractivity contribution is 0.0938. The first kappa shape index (κ1) is 9.51. The molecule has 2 aromatic rings. The number of hydrogen-bond acceptors (Lipinski definition) is 3. The highest BCUT2D eigenvalue weighted by atomic mass is 16.3. The van der Waals surface area contributed by atoms with Crippen molar-refractivity contribution >= 4 is 5.91 Å². The van der Waals surface area contributed by atoms with Gasteiger partial charge >= 0.3 is 0 Å². The van der Waals surface area contributed by atoms with Crippen LogP contribution in [-0.4, -0.2) is 15.7 Å². The second-order valence-corrected chi connectivity index (χ2v) is 3.10. The maximum absolute atomic E-state index is 11.6. The SMILES string of the molecule is Cn1nccc1C(=O)NCc1ccco1. The number of nitrogens with zero attached hydrogens (tertiary/aromatic N) is 2. The first-order valence-electron chi connectivity index (χ1n) is 4.56. The van der Waals surface area contributed by atoms with E-state index in [0.29, 0.717) is 12.2 Å². The van der Waals surface area contributed by atoms with Crippen LogP contribution in [-0.2, 0) is 13.6 Å². The van der Waals surface area contributed by atoms with Crippen LogP contribution in [0.2, 0.25) is 0 Å². The predicted molar refractivity (Wildman–Crippen MR) is 53.1 cm³/mol. The Bertz CT molecular complexity index is 445. The molecule has 5 nitrogen and oxygen atoms in total. The molecule has 0 unspecified atom stereocenters. The molecule has 0 saturated carbocycles. The lowest BCUT2D eigenvalue weighted by Gasteiger charge is -2.02. The number of aryl methyl sites for hydroxylation is 1. The van der Waals surface area contributed by atoms with Crippen LogP contribution >= 0.6 is 0 Å². The van der Waals surface area contributed by atoms with E-state index in [-0.39, 0.29) is 5.91 Å². The van der Waals surface area contributed by atoms with Gasteiger partial charge in [0.25, 0.3) is 5.91 Å². The number of nitrogens with one attached hydrogen (secondary N) is 1. The molecule has 15 heavy (non-hydrogen) atoms. The Morgan fingerprint density at radius 3 is 3.07 bits per heavy atom. The standard InChI is InChI=1S/C10H11N3O2/c1-13-9(4-5-12-13)10(14)11-7-8-3-2-6-15-8/h2-6H,7H2,1H3,(H,11,14). The van der Waals surface area contributed by atoms with Gasteiger partial charge in [0.2, 0.25) is 0 Å². The predicted octanol–water partition coefficient (Wildman–Crippen LogP) is 0.943. The van der Waals surface area contributed by atoms with Crippen molar-refractivity contribution in [3.8, 4) is 0 Å². The van der Waals surface area contributed by atoms with Gasteiger partial charge in [-0.1, -0.05) is 0 Å². The van der Waals surface area contributed by atoms with Crippen molar-refractivity contribution in [2.75, 3.05) is 0 Å². The minimum atomic E-state index is -0.161. The van der Waals surface area contributed by atoms with E-state index in [1.54, 1.807) is 31.6 Å². The number of aromatic nitrogens is 2. The van der Waals surface area contributed by atoms with Crippen LogP contribution in [0.25, 0.3) is 0 Å². The molecule has 2 aromatic heterocycles. The number of hydrogen-bond donors (Lipinski definition) is 1. The fraction of sp³-hybridized carbons (Fsp3) is 0.200. The summed E-state index contributed by atoms with van der Waals surface area (Å²) >= 11 is 0. The third kappa shape index (κ3) is 2.07. The molecule has 0 atom stereocenters. The van der Waals surface area contributed by atoms with Crippen LogP contribution in [0.5, 0.6) is 0 Å². The number of amides is 1. The Morgan fingerprint density at radius 1 is 1.60 bits per heavy atom. The number of carbonyl (C=O) groups is 1. The maximum Gasteiger partial charge on any atom is 0.269 e. The minimum absolute atomic E-state index is 0.161. The lowest BCUT2D eigenvalue weighted by Crippen LogP contribution is -2.24. The van der Waals surface area contributed by atoms with E-state index in [1.807, 2.05) is 6.07 Å². The van der Waals surface area contributed by atoms with E-state index in [0.717, 1.165) is 5.76 Å². The molecule has 2 rings (SSSR count). The molecule has 0 saturated heterocycles. The molecule has 0 radical (unpaired) electrons. The van der Waals surface area contributed by atoms with Gasteiger partial charge in [0, 0.05) is 13.2 Å². The molecule has 0 aliphatic rings. The highest BCUT2D eigenvalue weighted by Crippen LogP contribution is 2.00. The third-order valence-electron chi connectivity index (χ3n) is 2.06. The smallest absolute Gasteiger partial charge is 0.269 e. The van der Waals surface area contributed by atoms with Gasteiger partial charge in [-0.15, -0.1) is 0 Å². The first-order chi connectivity index (χ1) is 7.27. The third-order valence-corrected chi connectivity index (χ3v) is 2.06. The Kier molecular flexibility index (Phi) is 2.53. The molecule has 0 aliphatic carbocycles. The van der Waals surface area contributed by atoms with Gasteiger partial charge in [-0.05, 0) is 18.2 Å². The van der Waals surface area contributed by atoms with Gasteiger partial charge < -0.3 is 9.73 Å². The summed E-state index contributed by atoms with van der Waals surface area (Å²) < 4.78 is 6.62. The Morgan fingerprint density at radius 2 is 2.47 bits per heavy atom. The molecule has 0 spiro atoms. The molecule has 1 amide bonds. The zero-order valence-electron chi connectivity index (χ0n) is 8.30. The number of carbonyl (C=O) groups excluding carboxylic acids is 1. The Balaban J connectivity index is 1.96. The summed E-state index contributed by atoms with van der Waals surface area (Å²) in [6.07, 6.45) is 3.16. The fourth-order valence-electron chi connectivity index (χ4n) is 1.27. The van der Waals surface area contributed by atoms with Gasteiger partial charge in [0.15, 0.2) is 0 Å². The van der Waals surface area contributed by atoms with Crippen molar-refractivity contribution in [2.45, 2.75) is 6.54 Å². The normalized spacial score (nSPS) is 10.2. The van der Waals surface area contributed by atoms with Crippen molar-refractivity contribution < 1.29 is 9.21 Å². The van der Waals surface area contributed by atoms with Crippen LogP contribution in [0.15, 0.2) is 35.1 Å². The van der Waals surface area contributed by atoms with E-state index in [4.69, 9.17) is 4.42 Å². The highest BCUT2D eigenvalue weighted by molar-refractivity contribution is 5.92. The molecule has 78 valence electrons. The summed E-state index contributed by atoms with van der Waals surface area (Å²) in [4.78, 5) is 11.6. The molecular weight excluding hydrogens is 194 g/mol. The van der Waals surface area contributed by atoms with Crippen molar-refractivity contribution in [2.24, 2.45) is 7.05 Å². The van der Waals surface area contributed by atoms with Crippen LogP contribution in [0, 0.1) is 0 Å². The fourth-order valence-corrected chi connectivity index (χ4v) is 1.27. The molecule has 2 heterocycles. The summed E-state index contributed by atoms with van der Waals surface area (Å²) in [5.41, 5.74) is 0.529. The summed E-state index contributed by atoms with van der Waals surface area (Å²) in [5.74, 6) is 0.567. The van der Waals surface area contributed by atoms with E-state index >= 15 is 0 Å². The van der Waals surface area contributed by atoms with Crippen LogP contribution in [0.4, 0.5) is 0 Å². The molecule has 0 fully saturated rings. The van der Waals surface area contributed by atoms with Crippen LogP contribution < -0.4 is 5.32 Å². The quantitative estimate of drug-likeness (QED) is 0.811. The van der Waals surface area contributed by atoms with Crippen molar-refractivity contribution in [1.29, 1.82) is 0 Å². The minimum Gasteiger partial charge on any atom is -0.467 e. The van der Waals surface area contributed by atoms with Crippen molar-refractivity contribution in [1.82, 2.24) is 15.1 Å². The Labute approximate surface area is 86.7 Å². The van der Waals surface area contributed by atoms with E-state index in [2.05, 4.69) is 10.4 Å².